The zero-order valence-corrected chi connectivity index (χ0v) is 11.8. The Hall–Kier alpha value is -1.88. The van der Waals surface area contributed by atoms with Gasteiger partial charge in [-0.05, 0) is 17.7 Å². The van der Waals surface area contributed by atoms with Crippen molar-refractivity contribution in [1.29, 1.82) is 0 Å². The maximum Gasteiger partial charge on any atom is 0.224 e. The standard InChI is InChI=1S/C14H15ClFN3O/c1-10(8-19-9-12(15)7-18-19)14(20)17-6-11-2-4-13(16)5-3-11/h2-5,7,9-10H,6,8H2,1H3,(H,17,20). The summed E-state index contributed by atoms with van der Waals surface area (Å²) in [7, 11) is 0. The first-order chi connectivity index (χ1) is 9.54. The van der Waals surface area contributed by atoms with Crippen molar-refractivity contribution in [3.63, 3.8) is 0 Å². The SMILES string of the molecule is CC(Cn1cc(Cl)cn1)C(=O)NCc1ccc(F)cc1. The average Bonchev–Trinajstić information content (AvgIpc) is 2.83. The molecule has 2 aromatic rings. The number of carbonyl (C=O) groups excluding carboxylic acids is 1. The summed E-state index contributed by atoms with van der Waals surface area (Å²) >= 11 is 5.76. The molecule has 106 valence electrons. The van der Waals surface area contributed by atoms with E-state index in [1.807, 2.05) is 6.92 Å². The van der Waals surface area contributed by atoms with Crippen LogP contribution in [0.25, 0.3) is 0 Å². The zero-order valence-electron chi connectivity index (χ0n) is 11.0. The normalized spacial score (nSPS) is 12.2. The molecule has 0 aliphatic carbocycles. The number of rotatable bonds is 5. The quantitative estimate of drug-likeness (QED) is 0.922. The van der Waals surface area contributed by atoms with E-state index in [1.54, 1.807) is 23.0 Å². The molecule has 0 radical (unpaired) electrons. The van der Waals surface area contributed by atoms with E-state index >= 15 is 0 Å². The number of nitrogens with one attached hydrogen (secondary N) is 1. The third-order valence-corrected chi connectivity index (χ3v) is 3.09. The molecule has 1 N–H and O–H groups in total. The number of hydrogen-bond acceptors (Lipinski definition) is 2. The van der Waals surface area contributed by atoms with Crippen molar-refractivity contribution in [3.05, 3.63) is 53.1 Å². The van der Waals surface area contributed by atoms with Crippen molar-refractivity contribution >= 4 is 17.5 Å². The van der Waals surface area contributed by atoms with Crippen LogP contribution in [-0.4, -0.2) is 15.7 Å². The molecule has 2 rings (SSSR count). The van der Waals surface area contributed by atoms with Gasteiger partial charge in [-0.15, -0.1) is 0 Å². The molecule has 0 saturated carbocycles. The summed E-state index contributed by atoms with van der Waals surface area (Å²) in [5.41, 5.74) is 0.856. The number of benzene rings is 1. The van der Waals surface area contributed by atoms with Gasteiger partial charge in [0, 0.05) is 12.7 Å². The molecule has 0 saturated heterocycles. The second-order valence-electron chi connectivity index (χ2n) is 4.63. The topological polar surface area (TPSA) is 46.9 Å². The highest BCUT2D eigenvalue weighted by atomic mass is 35.5. The number of halogens is 2. The van der Waals surface area contributed by atoms with Crippen LogP contribution in [0.4, 0.5) is 4.39 Å². The van der Waals surface area contributed by atoms with Crippen LogP contribution in [0.5, 0.6) is 0 Å². The van der Waals surface area contributed by atoms with Gasteiger partial charge in [0.2, 0.25) is 5.91 Å². The van der Waals surface area contributed by atoms with E-state index in [-0.39, 0.29) is 17.6 Å². The van der Waals surface area contributed by atoms with Gasteiger partial charge in [0.1, 0.15) is 5.82 Å². The van der Waals surface area contributed by atoms with E-state index in [9.17, 15) is 9.18 Å². The monoisotopic (exact) mass is 295 g/mol. The van der Waals surface area contributed by atoms with Crippen LogP contribution in [0, 0.1) is 11.7 Å². The smallest absolute Gasteiger partial charge is 0.224 e. The Bertz CT molecular complexity index is 582. The molecule has 0 fully saturated rings. The van der Waals surface area contributed by atoms with Gasteiger partial charge in [0.15, 0.2) is 0 Å². The molecule has 0 bridgehead atoms. The third-order valence-electron chi connectivity index (χ3n) is 2.89. The Kier molecular flexibility index (Phi) is 4.74. The molecule has 1 aromatic heterocycles. The van der Waals surface area contributed by atoms with Gasteiger partial charge in [-0.3, -0.25) is 9.48 Å². The van der Waals surface area contributed by atoms with E-state index in [2.05, 4.69) is 10.4 Å². The van der Waals surface area contributed by atoms with E-state index in [0.29, 0.717) is 18.1 Å². The molecule has 1 atom stereocenters. The summed E-state index contributed by atoms with van der Waals surface area (Å²) in [5.74, 6) is -0.601. The second kappa shape index (κ2) is 6.52. The maximum atomic E-state index is 12.8. The third kappa shape index (κ3) is 4.06. The molecule has 0 aliphatic rings. The van der Waals surface area contributed by atoms with E-state index in [1.165, 1.54) is 18.3 Å². The van der Waals surface area contributed by atoms with Crippen molar-refractivity contribution < 1.29 is 9.18 Å². The molecule has 4 nitrogen and oxygen atoms in total. The summed E-state index contributed by atoms with van der Waals surface area (Å²) in [6.45, 7) is 2.65. The first kappa shape index (κ1) is 14.5. The fourth-order valence-corrected chi connectivity index (χ4v) is 1.92. The summed E-state index contributed by atoms with van der Waals surface area (Å²) in [6, 6.07) is 6.04. The number of nitrogens with zero attached hydrogens (tertiary/aromatic N) is 2. The maximum absolute atomic E-state index is 12.8. The molecule has 1 unspecified atom stereocenters. The van der Waals surface area contributed by atoms with Crippen LogP contribution in [0.2, 0.25) is 5.02 Å². The van der Waals surface area contributed by atoms with Crippen molar-refractivity contribution in [1.82, 2.24) is 15.1 Å². The fourth-order valence-electron chi connectivity index (χ4n) is 1.77. The number of hydrogen-bond donors (Lipinski definition) is 1. The lowest BCUT2D eigenvalue weighted by Crippen LogP contribution is -2.31. The molecule has 0 spiro atoms. The van der Waals surface area contributed by atoms with Crippen LogP contribution in [0.15, 0.2) is 36.7 Å². The summed E-state index contributed by atoms with van der Waals surface area (Å²) < 4.78 is 14.4. The van der Waals surface area contributed by atoms with Gasteiger partial charge in [0.05, 0.1) is 23.7 Å². The second-order valence-corrected chi connectivity index (χ2v) is 5.06. The lowest BCUT2D eigenvalue weighted by molar-refractivity contribution is -0.125. The predicted molar refractivity (Wildman–Crippen MR) is 74.6 cm³/mol. The molecule has 0 aliphatic heterocycles. The minimum absolute atomic E-state index is 0.0825. The number of aromatic nitrogens is 2. The molecule has 20 heavy (non-hydrogen) atoms. The van der Waals surface area contributed by atoms with Gasteiger partial charge >= 0.3 is 0 Å². The van der Waals surface area contributed by atoms with Crippen LogP contribution in [0.3, 0.4) is 0 Å². The van der Waals surface area contributed by atoms with E-state index in [0.717, 1.165) is 5.56 Å². The minimum Gasteiger partial charge on any atom is -0.352 e. The Morgan fingerprint density at radius 2 is 2.15 bits per heavy atom. The Labute approximate surface area is 121 Å². The average molecular weight is 296 g/mol. The minimum atomic E-state index is -0.288. The van der Waals surface area contributed by atoms with Gasteiger partial charge in [-0.25, -0.2) is 4.39 Å². The molecule has 1 amide bonds. The van der Waals surface area contributed by atoms with Crippen molar-refractivity contribution in [2.45, 2.75) is 20.0 Å². The van der Waals surface area contributed by atoms with Crippen LogP contribution < -0.4 is 5.32 Å². The zero-order chi connectivity index (χ0) is 14.5. The highest BCUT2D eigenvalue weighted by Gasteiger charge is 2.13. The van der Waals surface area contributed by atoms with Crippen LogP contribution in [-0.2, 0) is 17.9 Å². The lowest BCUT2D eigenvalue weighted by Gasteiger charge is -2.12. The van der Waals surface area contributed by atoms with Gasteiger partial charge in [-0.2, -0.15) is 5.10 Å². The van der Waals surface area contributed by atoms with Crippen molar-refractivity contribution in [2.75, 3.05) is 0 Å². The Balaban J connectivity index is 1.83. The van der Waals surface area contributed by atoms with Gasteiger partial charge in [0.25, 0.3) is 0 Å². The first-order valence-corrected chi connectivity index (χ1v) is 6.62. The number of carbonyl (C=O) groups is 1. The van der Waals surface area contributed by atoms with Crippen molar-refractivity contribution in [3.8, 4) is 0 Å². The lowest BCUT2D eigenvalue weighted by atomic mass is 10.1. The number of amides is 1. The molecule has 1 heterocycles. The van der Waals surface area contributed by atoms with Gasteiger partial charge < -0.3 is 5.32 Å². The van der Waals surface area contributed by atoms with Crippen LogP contribution in [0.1, 0.15) is 12.5 Å². The van der Waals surface area contributed by atoms with Gasteiger partial charge in [-0.1, -0.05) is 30.7 Å². The summed E-state index contributed by atoms with van der Waals surface area (Å²) in [4.78, 5) is 11.9. The highest BCUT2D eigenvalue weighted by Crippen LogP contribution is 2.08. The molecule has 1 aromatic carbocycles. The Morgan fingerprint density at radius 3 is 2.75 bits per heavy atom. The van der Waals surface area contributed by atoms with Crippen LogP contribution >= 0.6 is 11.6 Å². The summed E-state index contributed by atoms with van der Waals surface area (Å²) in [6.07, 6.45) is 3.20. The van der Waals surface area contributed by atoms with E-state index < -0.39 is 0 Å². The predicted octanol–water partition coefficient (Wildman–Crippen LogP) is 2.63. The largest absolute Gasteiger partial charge is 0.352 e. The van der Waals surface area contributed by atoms with E-state index in [4.69, 9.17) is 11.6 Å². The first-order valence-electron chi connectivity index (χ1n) is 6.24. The molecular formula is C14H15ClFN3O. The Morgan fingerprint density at radius 1 is 1.45 bits per heavy atom. The fraction of sp³-hybridized carbons (Fsp3) is 0.286. The highest BCUT2D eigenvalue weighted by molar-refractivity contribution is 6.30. The molecule has 6 heteroatoms. The van der Waals surface area contributed by atoms with Crippen molar-refractivity contribution in [2.24, 2.45) is 5.92 Å². The molecular weight excluding hydrogens is 281 g/mol. The summed E-state index contributed by atoms with van der Waals surface area (Å²) in [5, 5.41) is 7.38.